The number of carbonyl (C=O) groups excluding carboxylic acids is 1. The van der Waals surface area contributed by atoms with Gasteiger partial charge in [0.05, 0.1) is 10.0 Å². The number of rotatable bonds is 5. The Bertz CT molecular complexity index is 1230. The van der Waals surface area contributed by atoms with Crippen molar-refractivity contribution in [1.29, 1.82) is 0 Å². The van der Waals surface area contributed by atoms with Crippen LogP contribution in [0, 0.1) is 0 Å². The Morgan fingerprint density at radius 3 is 2.67 bits per heavy atom. The molecule has 1 amide bonds. The van der Waals surface area contributed by atoms with Crippen molar-refractivity contribution >= 4 is 45.9 Å². The predicted octanol–water partition coefficient (Wildman–Crippen LogP) is 7.57. The first kappa shape index (κ1) is 20.5. The van der Waals surface area contributed by atoms with Gasteiger partial charge in [0.15, 0.2) is 5.58 Å². The molecule has 1 N–H and O–H groups in total. The summed E-state index contributed by atoms with van der Waals surface area (Å²) in [5, 5.41) is 3.61. The van der Waals surface area contributed by atoms with Crippen LogP contribution >= 0.6 is 23.2 Å². The number of aromatic nitrogens is 1. The molecule has 0 saturated heterocycles. The van der Waals surface area contributed by atoms with E-state index in [-0.39, 0.29) is 5.91 Å². The van der Waals surface area contributed by atoms with Crippen LogP contribution in [-0.4, -0.2) is 10.9 Å². The van der Waals surface area contributed by atoms with Crippen LogP contribution < -0.4 is 5.32 Å². The molecule has 0 spiro atoms. The molecule has 4 rings (SSSR count). The number of benzene rings is 3. The number of amides is 1. The second-order valence-corrected chi connectivity index (χ2v) is 8.03. The van der Waals surface area contributed by atoms with Gasteiger partial charge in [0.25, 0.3) is 5.91 Å². The van der Waals surface area contributed by atoms with Crippen LogP contribution in [0.4, 0.5) is 5.69 Å². The second kappa shape index (κ2) is 8.50. The fourth-order valence-corrected chi connectivity index (χ4v) is 3.48. The van der Waals surface area contributed by atoms with Gasteiger partial charge in [-0.3, -0.25) is 4.79 Å². The monoisotopic (exact) mass is 438 g/mol. The molecular weight excluding hydrogens is 419 g/mol. The Morgan fingerprint density at radius 2 is 1.90 bits per heavy atom. The number of halogens is 2. The van der Waals surface area contributed by atoms with Crippen LogP contribution in [0.5, 0.6) is 0 Å². The van der Waals surface area contributed by atoms with E-state index in [4.69, 9.17) is 27.6 Å². The Kier molecular flexibility index (Phi) is 5.80. The Labute approximate surface area is 184 Å². The van der Waals surface area contributed by atoms with Crippen molar-refractivity contribution in [3.05, 3.63) is 81.8 Å². The lowest BCUT2D eigenvalue weighted by Crippen LogP contribution is -2.11. The topological polar surface area (TPSA) is 55.1 Å². The summed E-state index contributed by atoms with van der Waals surface area (Å²) in [7, 11) is 0. The van der Waals surface area contributed by atoms with Crippen LogP contribution in [0.2, 0.25) is 10.0 Å². The lowest BCUT2D eigenvalue weighted by Gasteiger charge is -2.07. The maximum absolute atomic E-state index is 12.5. The SMILES string of the molecule is CCC(C)c1ccc2oc(-c3cccc(NC(=O)c4ccc(Cl)c(Cl)c4)c3)nc2c1. The highest BCUT2D eigenvalue weighted by Crippen LogP contribution is 2.29. The fraction of sp³-hybridized carbons (Fsp3) is 0.167. The molecule has 4 aromatic rings. The molecule has 6 heteroatoms. The summed E-state index contributed by atoms with van der Waals surface area (Å²) in [5.41, 5.74) is 4.64. The summed E-state index contributed by atoms with van der Waals surface area (Å²) in [6.45, 7) is 4.36. The van der Waals surface area contributed by atoms with E-state index >= 15 is 0 Å². The van der Waals surface area contributed by atoms with Gasteiger partial charge in [-0.05, 0) is 66.4 Å². The third-order valence-electron chi connectivity index (χ3n) is 5.14. The van der Waals surface area contributed by atoms with E-state index in [1.165, 1.54) is 5.56 Å². The highest BCUT2D eigenvalue weighted by molar-refractivity contribution is 6.42. The van der Waals surface area contributed by atoms with E-state index in [1.54, 1.807) is 18.2 Å². The maximum atomic E-state index is 12.5. The molecule has 30 heavy (non-hydrogen) atoms. The highest BCUT2D eigenvalue weighted by atomic mass is 35.5. The van der Waals surface area contributed by atoms with Gasteiger partial charge >= 0.3 is 0 Å². The molecule has 1 aromatic heterocycles. The molecule has 3 aromatic carbocycles. The summed E-state index contributed by atoms with van der Waals surface area (Å²) in [4.78, 5) is 17.2. The Balaban J connectivity index is 1.59. The van der Waals surface area contributed by atoms with Crippen molar-refractivity contribution in [3.8, 4) is 11.5 Å². The largest absolute Gasteiger partial charge is 0.436 e. The molecule has 0 saturated carbocycles. The van der Waals surface area contributed by atoms with Crippen molar-refractivity contribution < 1.29 is 9.21 Å². The average molecular weight is 439 g/mol. The van der Waals surface area contributed by atoms with Gasteiger partial charge in [-0.25, -0.2) is 4.98 Å². The second-order valence-electron chi connectivity index (χ2n) is 7.22. The first-order chi connectivity index (χ1) is 14.4. The third kappa shape index (κ3) is 4.20. The molecule has 152 valence electrons. The Hall–Kier alpha value is -2.82. The molecule has 1 atom stereocenters. The zero-order chi connectivity index (χ0) is 21.3. The molecule has 0 fully saturated rings. The van der Waals surface area contributed by atoms with Gasteiger partial charge in [0, 0.05) is 16.8 Å². The van der Waals surface area contributed by atoms with Crippen LogP contribution in [0.1, 0.15) is 42.1 Å². The zero-order valence-corrected chi connectivity index (χ0v) is 18.1. The quantitative estimate of drug-likeness (QED) is 0.349. The summed E-state index contributed by atoms with van der Waals surface area (Å²) in [6.07, 6.45) is 1.07. The third-order valence-corrected chi connectivity index (χ3v) is 5.88. The molecule has 0 aliphatic heterocycles. The van der Waals surface area contributed by atoms with Gasteiger partial charge in [0.2, 0.25) is 5.89 Å². The molecule has 1 heterocycles. The van der Waals surface area contributed by atoms with Crippen molar-refractivity contribution in [2.75, 3.05) is 5.32 Å². The standard InChI is InChI=1S/C24H20Cl2N2O2/c1-3-14(2)15-8-10-22-21(13-15)28-24(30-22)17-5-4-6-18(11-17)27-23(29)16-7-9-19(25)20(26)12-16/h4-14H,3H2,1-2H3,(H,27,29). The van der Waals surface area contributed by atoms with Gasteiger partial charge in [-0.1, -0.05) is 49.2 Å². The predicted molar refractivity (Wildman–Crippen MR) is 123 cm³/mol. The van der Waals surface area contributed by atoms with Crippen LogP contribution in [0.25, 0.3) is 22.6 Å². The van der Waals surface area contributed by atoms with Crippen molar-refractivity contribution in [2.45, 2.75) is 26.2 Å². The molecule has 0 bridgehead atoms. The molecule has 4 nitrogen and oxygen atoms in total. The molecular formula is C24H20Cl2N2O2. The normalized spacial score (nSPS) is 12.1. The first-order valence-electron chi connectivity index (χ1n) is 9.72. The zero-order valence-electron chi connectivity index (χ0n) is 16.6. The minimum Gasteiger partial charge on any atom is -0.436 e. The van der Waals surface area contributed by atoms with Crippen LogP contribution in [0.15, 0.2) is 65.1 Å². The molecule has 1 unspecified atom stereocenters. The van der Waals surface area contributed by atoms with Crippen molar-refractivity contribution in [2.24, 2.45) is 0 Å². The van der Waals surface area contributed by atoms with Crippen molar-refractivity contribution in [1.82, 2.24) is 4.98 Å². The van der Waals surface area contributed by atoms with E-state index in [1.807, 2.05) is 30.3 Å². The van der Waals surface area contributed by atoms with Gasteiger partial charge < -0.3 is 9.73 Å². The van der Waals surface area contributed by atoms with E-state index < -0.39 is 0 Å². The number of nitrogens with zero attached hydrogens (tertiary/aromatic N) is 1. The molecule has 0 aliphatic carbocycles. The number of hydrogen-bond donors (Lipinski definition) is 1. The van der Waals surface area contributed by atoms with E-state index in [0.29, 0.717) is 33.1 Å². The van der Waals surface area contributed by atoms with Crippen LogP contribution in [0.3, 0.4) is 0 Å². The summed E-state index contributed by atoms with van der Waals surface area (Å²) in [6, 6.07) is 18.3. The number of hydrogen-bond acceptors (Lipinski definition) is 3. The summed E-state index contributed by atoms with van der Waals surface area (Å²) < 4.78 is 5.94. The number of nitrogens with one attached hydrogen (secondary N) is 1. The van der Waals surface area contributed by atoms with Gasteiger partial charge in [-0.15, -0.1) is 0 Å². The maximum Gasteiger partial charge on any atom is 0.255 e. The van der Waals surface area contributed by atoms with E-state index in [2.05, 4.69) is 36.3 Å². The minimum atomic E-state index is -0.276. The van der Waals surface area contributed by atoms with Gasteiger partial charge in [0.1, 0.15) is 5.52 Å². The first-order valence-corrected chi connectivity index (χ1v) is 10.5. The van der Waals surface area contributed by atoms with Crippen molar-refractivity contribution in [3.63, 3.8) is 0 Å². The molecule has 0 aliphatic rings. The van der Waals surface area contributed by atoms with Gasteiger partial charge in [-0.2, -0.15) is 0 Å². The number of anilines is 1. The lowest BCUT2D eigenvalue weighted by atomic mass is 9.98. The van der Waals surface area contributed by atoms with E-state index in [9.17, 15) is 4.79 Å². The average Bonchev–Trinajstić information content (AvgIpc) is 3.18. The number of oxazole rings is 1. The number of fused-ring (bicyclic) bond motifs is 1. The summed E-state index contributed by atoms with van der Waals surface area (Å²) >= 11 is 11.9. The highest BCUT2D eigenvalue weighted by Gasteiger charge is 2.13. The molecule has 0 radical (unpaired) electrons. The Morgan fingerprint density at radius 1 is 1.07 bits per heavy atom. The smallest absolute Gasteiger partial charge is 0.255 e. The lowest BCUT2D eigenvalue weighted by molar-refractivity contribution is 0.102. The van der Waals surface area contributed by atoms with E-state index in [0.717, 1.165) is 23.1 Å². The fourth-order valence-electron chi connectivity index (χ4n) is 3.18. The van der Waals surface area contributed by atoms with Crippen LogP contribution in [-0.2, 0) is 0 Å². The summed E-state index contributed by atoms with van der Waals surface area (Å²) in [5.74, 6) is 0.702. The minimum absolute atomic E-state index is 0.276. The number of carbonyl (C=O) groups is 1.